The third-order valence-corrected chi connectivity index (χ3v) is 3.97. The molecule has 1 saturated heterocycles. The van der Waals surface area contributed by atoms with Crippen molar-refractivity contribution in [2.75, 3.05) is 41.0 Å². The van der Waals surface area contributed by atoms with Crippen molar-refractivity contribution in [2.24, 2.45) is 5.73 Å². The number of nitrogens with two attached hydrogens (primary N) is 1. The van der Waals surface area contributed by atoms with E-state index in [0.29, 0.717) is 6.42 Å². The van der Waals surface area contributed by atoms with Crippen LogP contribution in [0.25, 0.3) is 0 Å². The molecule has 20 heavy (non-hydrogen) atoms. The van der Waals surface area contributed by atoms with Crippen molar-refractivity contribution in [1.82, 2.24) is 4.90 Å². The van der Waals surface area contributed by atoms with E-state index in [1.807, 2.05) is 0 Å². The van der Waals surface area contributed by atoms with Gasteiger partial charge in [0.1, 0.15) is 5.54 Å². The monoisotopic (exact) mass is 288 g/mol. The molecule has 0 aromatic carbocycles. The first kappa shape index (κ1) is 17.4. The number of nitrogens with zero attached hydrogens (tertiary/aromatic N) is 1. The van der Waals surface area contributed by atoms with E-state index >= 15 is 0 Å². The van der Waals surface area contributed by atoms with Gasteiger partial charge in [-0.25, -0.2) is 0 Å². The molecule has 0 spiro atoms. The number of hydrogen-bond donors (Lipinski definition) is 1. The van der Waals surface area contributed by atoms with Crippen molar-refractivity contribution >= 4 is 5.97 Å². The number of carbonyl (C=O) groups is 1. The van der Waals surface area contributed by atoms with Crippen molar-refractivity contribution in [3.8, 4) is 0 Å². The fraction of sp³-hybridized carbons (Fsp3) is 0.929. The molecule has 0 radical (unpaired) electrons. The highest BCUT2D eigenvalue weighted by Crippen LogP contribution is 2.18. The molecule has 0 amide bonds. The summed E-state index contributed by atoms with van der Waals surface area (Å²) in [5.74, 6) is -0.349. The number of carbonyl (C=O) groups excluding carboxylic acids is 1. The van der Waals surface area contributed by atoms with Gasteiger partial charge in [-0.3, -0.25) is 9.69 Å². The maximum absolute atomic E-state index is 11.5. The Morgan fingerprint density at radius 1 is 1.20 bits per heavy atom. The summed E-state index contributed by atoms with van der Waals surface area (Å²) in [7, 11) is 4.81. The van der Waals surface area contributed by atoms with Gasteiger partial charge in [-0.15, -0.1) is 0 Å². The predicted molar refractivity (Wildman–Crippen MR) is 76.5 cm³/mol. The Bertz CT molecular complexity index is 298. The molecule has 1 aliphatic heterocycles. The number of hydrogen-bond acceptors (Lipinski definition) is 6. The minimum atomic E-state index is -0.885. The Labute approximate surface area is 121 Å². The molecule has 0 bridgehead atoms. The maximum atomic E-state index is 11.5. The van der Waals surface area contributed by atoms with Gasteiger partial charge in [0.25, 0.3) is 0 Å². The van der Waals surface area contributed by atoms with Crippen LogP contribution in [-0.4, -0.2) is 69.6 Å². The first-order valence-corrected chi connectivity index (χ1v) is 7.10. The van der Waals surface area contributed by atoms with Gasteiger partial charge in [0.2, 0.25) is 0 Å². The molecule has 1 aliphatic rings. The molecule has 0 aliphatic carbocycles. The zero-order valence-electron chi connectivity index (χ0n) is 13.1. The van der Waals surface area contributed by atoms with Crippen molar-refractivity contribution in [3.63, 3.8) is 0 Å². The average molecular weight is 288 g/mol. The molecule has 0 saturated carbocycles. The van der Waals surface area contributed by atoms with E-state index in [4.69, 9.17) is 19.9 Å². The van der Waals surface area contributed by atoms with Gasteiger partial charge >= 0.3 is 5.97 Å². The van der Waals surface area contributed by atoms with E-state index in [2.05, 4.69) is 4.90 Å². The molecular formula is C14H28N2O4. The Hall–Kier alpha value is -0.690. The second-order valence-electron chi connectivity index (χ2n) is 5.67. The van der Waals surface area contributed by atoms with Crippen LogP contribution in [0, 0.1) is 0 Å². The van der Waals surface area contributed by atoms with Crippen LogP contribution in [0.5, 0.6) is 0 Å². The molecule has 1 rings (SSSR count). The molecule has 1 fully saturated rings. The summed E-state index contributed by atoms with van der Waals surface area (Å²) < 4.78 is 15.5. The summed E-state index contributed by atoms with van der Waals surface area (Å²) in [6.45, 7) is 4.48. The van der Waals surface area contributed by atoms with Crippen LogP contribution in [0.15, 0.2) is 0 Å². The van der Waals surface area contributed by atoms with Crippen molar-refractivity contribution in [2.45, 2.75) is 43.9 Å². The highest BCUT2D eigenvalue weighted by atomic mass is 16.5. The molecule has 0 aromatic rings. The molecule has 6 nitrogen and oxygen atoms in total. The van der Waals surface area contributed by atoms with Crippen LogP contribution in [-0.2, 0) is 19.0 Å². The van der Waals surface area contributed by atoms with Crippen molar-refractivity contribution < 1.29 is 19.0 Å². The molecule has 1 heterocycles. The van der Waals surface area contributed by atoms with Gasteiger partial charge < -0.3 is 19.9 Å². The minimum absolute atomic E-state index is 0.148. The molecule has 118 valence electrons. The normalized spacial score (nSPS) is 26.4. The van der Waals surface area contributed by atoms with Gasteiger partial charge in [-0.1, -0.05) is 0 Å². The van der Waals surface area contributed by atoms with Gasteiger partial charge in [-0.2, -0.15) is 0 Å². The lowest BCUT2D eigenvalue weighted by atomic mass is 9.96. The third-order valence-electron chi connectivity index (χ3n) is 3.97. The van der Waals surface area contributed by atoms with E-state index in [1.165, 1.54) is 7.11 Å². The Balaban J connectivity index is 2.24. The van der Waals surface area contributed by atoms with Crippen LogP contribution >= 0.6 is 0 Å². The van der Waals surface area contributed by atoms with Crippen molar-refractivity contribution in [3.05, 3.63) is 0 Å². The largest absolute Gasteiger partial charge is 0.468 e. The summed E-state index contributed by atoms with van der Waals surface area (Å²) in [6, 6.07) is 0. The first-order chi connectivity index (χ1) is 9.44. The third kappa shape index (κ3) is 4.70. The van der Waals surface area contributed by atoms with Crippen molar-refractivity contribution in [1.29, 1.82) is 0 Å². The predicted octanol–water partition coefficient (Wildman–Crippen LogP) is 0.393. The summed E-state index contributed by atoms with van der Waals surface area (Å²) in [5, 5.41) is 0. The van der Waals surface area contributed by atoms with Gasteiger partial charge in [0.05, 0.1) is 19.3 Å². The summed E-state index contributed by atoms with van der Waals surface area (Å²) in [5.41, 5.74) is 5.04. The molecular weight excluding hydrogens is 260 g/mol. The summed E-state index contributed by atoms with van der Waals surface area (Å²) >= 11 is 0. The smallest absolute Gasteiger partial charge is 0.325 e. The molecule has 2 N–H and O–H groups in total. The molecule has 6 heteroatoms. The van der Waals surface area contributed by atoms with E-state index in [9.17, 15) is 4.79 Å². The van der Waals surface area contributed by atoms with Crippen LogP contribution in [0.2, 0.25) is 0 Å². The summed E-state index contributed by atoms with van der Waals surface area (Å²) in [6.07, 6.45) is 2.82. The lowest BCUT2D eigenvalue weighted by molar-refractivity contribution is -0.146. The summed E-state index contributed by atoms with van der Waals surface area (Å²) in [4.78, 5) is 13.8. The standard InChI is InChI=1S/C14H28N2O4/c1-14(15,13(17)20-4)7-5-6-8-16-9-11(18-2)12(10-16)19-3/h11-12H,5-10,15H2,1-4H3. The fourth-order valence-electron chi connectivity index (χ4n) is 2.62. The number of esters is 1. The molecule has 0 aromatic heterocycles. The highest BCUT2D eigenvalue weighted by molar-refractivity contribution is 5.79. The molecule has 3 atom stereocenters. The van der Waals surface area contributed by atoms with E-state index in [1.54, 1.807) is 21.1 Å². The number of unbranched alkanes of at least 4 members (excludes halogenated alkanes) is 1. The van der Waals surface area contributed by atoms with E-state index in [0.717, 1.165) is 32.5 Å². The quantitative estimate of drug-likeness (QED) is 0.514. The first-order valence-electron chi connectivity index (χ1n) is 7.10. The van der Waals surface area contributed by atoms with Gasteiger partial charge in [-0.05, 0) is 32.7 Å². The zero-order valence-corrected chi connectivity index (χ0v) is 13.1. The van der Waals surface area contributed by atoms with Crippen LogP contribution < -0.4 is 5.73 Å². The lowest BCUT2D eigenvalue weighted by Crippen LogP contribution is -2.45. The number of ether oxygens (including phenoxy) is 3. The van der Waals surface area contributed by atoms with E-state index < -0.39 is 5.54 Å². The minimum Gasteiger partial charge on any atom is -0.468 e. The highest BCUT2D eigenvalue weighted by Gasteiger charge is 2.33. The van der Waals surface area contributed by atoms with Crippen LogP contribution in [0.3, 0.4) is 0 Å². The number of rotatable bonds is 8. The Morgan fingerprint density at radius 2 is 1.75 bits per heavy atom. The number of likely N-dealkylation sites (tertiary alicyclic amines) is 1. The second kappa shape index (κ2) is 7.93. The fourth-order valence-corrected chi connectivity index (χ4v) is 2.62. The lowest BCUT2D eigenvalue weighted by Gasteiger charge is -2.22. The van der Waals surface area contributed by atoms with E-state index in [-0.39, 0.29) is 18.2 Å². The SMILES string of the molecule is COC(=O)C(C)(N)CCCCN1CC(OC)C(OC)C1. The topological polar surface area (TPSA) is 74.0 Å². The molecule has 3 unspecified atom stereocenters. The maximum Gasteiger partial charge on any atom is 0.325 e. The van der Waals surface area contributed by atoms with Gasteiger partial charge in [0.15, 0.2) is 0 Å². The second-order valence-corrected chi connectivity index (χ2v) is 5.67. The van der Waals surface area contributed by atoms with Crippen LogP contribution in [0.1, 0.15) is 26.2 Å². The Morgan fingerprint density at radius 3 is 2.20 bits per heavy atom. The number of methoxy groups -OCH3 is 3. The average Bonchev–Trinajstić information content (AvgIpc) is 2.85. The van der Waals surface area contributed by atoms with Gasteiger partial charge in [0, 0.05) is 27.3 Å². The zero-order chi connectivity index (χ0) is 15.2. The Kier molecular flexibility index (Phi) is 6.88. The van der Waals surface area contributed by atoms with Crippen LogP contribution in [0.4, 0.5) is 0 Å².